The molecule has 2 atom stereocenters. The van der Waals surface area contributed by atoms with Crippen molar-refractivity contribution in [3.05, 3.63) is 81.8 Å². The number of furan rings is 1. The molecule has 1 aliphatic rings. The van der Waals surface area contributed by atoms with Gasteiger partial charge in [-0.1, -0.05) is 24.3 Å². The maximum absolute atomic E-state index is 12.6. The van der Waals surface area contributed by atoms with Crippen molar-refractivity contribution in [3.8, 4) is 11.5 Å². The first-order valence-electron chi connectivity index (χ1n) is 10.5. The SMILES string of the molecule is C[C@@H]1CN(Cc2ccccc2CNC(=O)c2ccc(-c3ccco3)[nH]c2=O)C[C@H](C)O1. The van der Waals surface area contributed by atoms with E-state index in [1.165, 1.54) is 12.3 Å². The van der Waals surface area contributed by atoms with Gasteiger partial charge >= 0.3 is 0 Å². The largest absolute Gasteiger partial charge is 0.463 e. The van der Waals surface area contributed by atoms with Crippen LogP contribution in [0.5, 0.6) is 0 Å². The lowest BCUT2D eigenvalue weighted by Crippen LogP contribution is -2.45. The molecular weight excluding hydrogens is 394 g/mol. The predicted octanol–water partition coefficient (Wildman–Crippen LogP) is 3.17. The fourth-order valence-corrected chi connectivity index (χ4v) is 4.04. The highest BCUT2D eigenvalue weighted by molar-refractivity contribution is 5.94. The van der Waals surface area contributed by atoms with Crippen molar-refractivity contribution < 1.29 is 13.9 Å². The number of morpholine rings is 1. The number of nitrogens with one attached hydrogen (secondary N) is 2. The Balaban J connectivity index is 1.42. The highest BCUT2D eigenvalue weighted by Gasteiger charge is 2.22. The van der Waals surface area contributed by atoms with Crippen LogP contribution in [0.15, 0.2) is 64.0 Å². The summed E-state index contributed by atoms with van der Waals surface area (Å²) < 4.78 is 11.1. The van der Waals surface area contributed by atoms with Gasteiger partial charge in [-0.05, 0) is 49.2 Å². The van der Waals surface area contributed by atoms with Gasteiger partial charge in [0.1, 0.15) is 11.3 Å². The van der Waals surface area contributed by atoms with E-state index in [4.69, 9.17) is 9.15 Å². The van der Waals surface area contributed by atoms with Crippen LogP contribution in [0.25, 0.3) is 11.5 Å². The molecule has 0 radical (unpaired) electrons. The molecule has 1 aromatic carbocycles. The van der Waals surface area contributed by atoms with Gasteiger partial charge in [-0.25, -0.2) is 0 Å². The van der Waals surface area contributed by atoms with E-state index < -0.39 is 11.5 Å². The zero-order valence-corrected chi connectivity index (χ0v) is 17.8. The number of carbonyl (C=O) groups excluding carboxylic acids is 1. The summed E-state index contributed by atoms with van der Waals surface area (Å²) in [6, 6.07) is 14.7. The first-order chi connectivity index (χ1) is 15.0. The summed E-state index contributed by atoms with van der Waals surface area (Å²) in [4.78, 5) is 30.1. The number of pyridine rings is 1. The number of amides is 1. The third kappa shape index (κ3) is 5.13. The number of rotatable bonds is 6. The van der Waals surface area contributed by atoms with E-state index >= 15 is 0 Å². The van der Waals surface area contributed by atoms with Gasteiger partial charge < -0.3 is 19.5 Å². The Hall–Kier alpha value is -3.16. The second-order valence-electron chi connectivity index (χ2n) is 7.99. The Morgan fingerprint density at radius 3 is 2.48 bits per heavy atom. The third-order valence-electron chi connectivity index (χ3n) is 5.39. The summed E-state index contributed by atoms with van der Waals surface area (Å²) in [6.45, 7) is 7.07. The minimum Gasteiger partial charge on any atom is -0.463 e. The molecule has 0 unspecified atom stereocenters. The quantitative estimate of drug-likeness (QED) is 0.638. The number of ether oxygens (including phenoxy) is 1. The number of H-pyrrole nitrogens is 1. The highest BCUT2D eigenvalue weighted by atomic mass is 16.5. The summed E-state index contributed by atoms with van der Waals surface area (Å²) in [5, 5.41) is 2.88. The zero-order chi connectivity index (χ0) is 21.8. The first-order valence-corrected chi connectivity index (χ1v) is 10.5. The molecule has 0 spiro atoms. The molecule has 2 N–H and O–H groups in total. The maximum Gasteiger partial charge on any atom is 0.261 e. The van der Waals surface area contributed by atoms with Crippen molar-refractivity contribution in [2.75, 3.05) is 13.1 Å². The number of hydrogen-bond donors (Lipinski definition) is 2. The molecule has 1 saturated heterocycles. The van der Waals surface area contributed by atoms with Gasteiger partial charge in [0.05, 0.1) is 24.2 Å². The lowest BCUT2D eigenvalue weighted by molar-refractivity contribution is -0.0705. The van der Waals surface area contributed by atoms with Crippen LogP contribution in [0.3, 0.4) is 0 Å². The van der Waals surface area contributed by atoms with Gasteiger partial charge in [-0.3, -0.25) is 14.5 Å². The standard InChI is InChI=1S/C24H27N3O4/c1-16-13-27(14-17(2)31-16)15-19-7-4-3-6-18(19)12-25-23(28)20-9-10-21(26-24(20)29)22-8-5-11-30-22/h3-11,16-17H,12-15H2,1-2H3,(H,25,28)(H,26,29)/t16-,17+. The van der Waals surface area contributed by atoms with Gasteiger partial charge in [0.25, 0.3) is 11.5 Å². The Bertz CT molecular complexity index is 1080. The Labute approximate surface area is 181 Å². The van der Waals surface area contributed by atoms with E-state index in [1.807, 2.05) is 18.2 Å². The first kappa shape index (κ1) is 21.1. The van der Waals surface area contributed by atoms with Gasteiger partial charge in [0.15, 0.2) is 0 Å². The smallest absolute Gasteiger partial charge is 0.261 e. The summed E-state index contributed by atoms with van der Waals surface area (Å²) in [6.07, 6.45) is 1.93. The van der Waals surface area contributed by atoms with Crippen molar-refractivity contribution in [1.82, 2.24) is 15.2 Å². The summed E-state index contributed by atoms with van der Waals surface area (Å²) >= 11 is 0. The van der Waals surface area contributed by atoms with Gasteiger partial charge in [0.2, 0.25) is 0 Å². The fourth-order valence-electron chi connectivity index (χ4n) is 4.04. The number of benzene rings is 1. The molecule has 1 amide bonds. The molecule has 31 heavy (non-hydrogen) atoms. The average molecular weight is 421 g/mol. The van der Waals surface area contributed by atoms with Crippen molar-refractivity contribution in [3.63, 3.8) is 0 Å². The summed E-state index contributed by atoms with van der Waals surface area (Å²) in [5.74, 6) is 0.139. The van der Waals surface area contributed by atoms with Crippen molar-refractivity contribution in [1.29, 1.82) is 0 Å². The number of hydrogen-bond acceptors (Lipinski definition) is 5. The van der Waals surface area contributed by atoms with Crippen molar-refractivity contribution >= 4 is 5.91 Å². The van der Waals surface area contributed by atoms with Crippen LogP contribution in [0.1, 0.15) is 35.3 Å². The minimum absolute atomic E-state index is 0.0728. The van der Waals surface area contributed by atoms with E-state index in [2.05, 4.69) is 35.1 Å². The van der Waals surface area contributed by atoms with Crippen molar-refractivity contribution in [2.24, 2.45) is 0 Å². The Morgan fingerprint density at radius 1 is 1.06 bits per heavy atom. The topological polar surface area (TPSA) is 87.6 Å². The molecule has 162 valence electrons. The second kappa shape index (κ2) is 9.32. The van der Waals surface area contributed by atoms with E-state index in [1.54, 1.807) is 18.2 Å². The molecule has 3 aromatic rings. The van der Waals surface area contributed by atoms with Crippen LogP contribution in [-0.4, -0.2) is 41.1 Å². The minimum atomic E-state index is -0.448. The molecule has 4 rings (SSSR count). The normalized spacial score (nSPS) is 19.3. The van der Waals surface area contributed by atoms with Gasteiger partial charge in [-0.2, -0.15) is 0 Å². The molecule has 7 heteroatoms. The van der Waals surface area contributed by atoms with E-state index in [-0.39, 0.29) is 17.8 Å². The maximum atomic E-state index is 12.6. The Morgan fingerprint density at radius 2 is 1.81 bits per heavy atom. The molecule has 3 heterocycles. The number of nitrogens with zero attached hydrogens (tertiary/aromatic N) is 1. The lowest BCUT2D eigenvalue weighted by atomic mass is 10.1. The third-order valence-corrected chi connectivity index (χ3v) is 5.39. The molecule has 2 aromatic heterocycles. The summed E-state index contributed by atoms with van der Waals surface area (Å²) in [5.41, 5.74) is 2.35. The molecule has 0 aliphatic carbocycles. The van der Waals surface area contributed by atoms with Crippen LogP contribution in [0.4, 0.5) is 0 Å². The summed E-state index contributed by atoms with van der Waals surface area (Å²) in [7, 11) is 0. The zero-order valence-electron chi connectivity index (χ0n) is 17.8. The van der Waals surface area contributed by atoms with Crippen LogP contribution in [-0.2, 0) is 17.8 Å². The van der Waals surface area contributed by atoms with E-state index in [0.717, 1.165) is 30.8 Å². The lowest BCUT2D eigenvalue weighted by Gasteiger charge is -2.35. The Kier molecular flexibility index (Phi) is 6.34. The number of aromatic amines is 1. The van der Waals surface area contributed by atoms with Crippen LogP contribution < -0.4 is 10.9 Å². The van der Waals surface area contributed by atoms with Gasteiger partial charge in [0, 0.05) is 26.2 Å². The highest BCUT2D eigenvalue weighted by Crippen LogP contribution is 2.18. The van der Waals surface area contributed by atoms with Crippen LogP contribution in [0.2, 0.25) is 0 Å². The molecule has 0 bridgehead atoms. The monoisotopic (exact) mass is 421 g/mol. The van der Waals surface area contributed by atoms with Gasteiger partial charge in [-0.15, -0.1) is 0 Å². The van der Waals surface area contributed by atoms with E-state index in [9.17, 15) is 9.59 Å². The number of carbonyl (C=O) groups is 1. The van der Waals surface area contributed by atoms with Crippen LogP contribution in [0, 0.1) is 0 Å². The number of aromatic nitrogens is 1. The van der Waals surface area contributed by atoms with Crippen molar-refractivity contribution in [2.45, 2.75) is 39.1 Å². The fraction of sp³-hybridized carbons (Fsp3) is 0.333. The molecular formula is C24H27N3O4. The van der Waals surface area contributed by atoms with Crippen LogP contribution >= 0.6 is 0 Å². The molecule has 1 aliphatic heterocycles. The molecule has 1 fully saturated rings. The molecule has 7 nitrogen and oxygen atoms in total. The van der Waals surface area contributed by atoms with E-state index in [0.29, 0.717) is 18.0 Å². The predicted molar refractivity (Wildman–Crippen MR) is 118 cm³/mol. The second-order valence-corrected chi connectivity index (χ2v) is 7.99. The molecule has 0 saturated carbocycles. The average Bonchev–Trinajstić information content (AvgIpc) is 3.27.